The van der Waals surface area contributed by atoms with Crippen LogP contribution in [0.4, 0.5) is 0 Å². The third kappa shape index (κ3) is 3.80. The number of fused-ring (bicyclic) bond motifs is 1. The number of para-hydroxylation sites is 1. The summed E-state index contributed by atoms with van der Waals surface area (Å²) in [5.41, 5.74) is -0.546. The van der Waals surface area contributed by atoms with Crippen LogP contribution in [-0.2, 0) is 11.3 Å². The molecule has 1 aromatic heterocycles. The zero-order valence-electron chi connectivity index (χ0n) is 12.5. The van der Waals surface area contributed by atoms with Crippen LogP contribution in [0.25, 0.3) is 10.9 Å². The fourth-order valence-corrected chi connectivity index (χ4v) is 2.71. The van der Waals surface area contributed by atoms with Gasteiger partial charge in [0.2, 0.25) is 5.91 Å². The standard InChI is InChI=1S/C15H18N4O3.ClH/c20-13(17-8-10-4-3-7-16-10)9-19-14(21)11-5-1-2-6-12(11)18-15(19)22;/h1-2,5-6,10,16H,3-4,7-9H2,(H,17,20)(H,18,22);1H. The quantitative estimate of drug-likeness (QED) is 0.730. The molecule has 1 unspecified atom stereocenters. The summed E-state index contributed by atoms with van der Waals surface area (Å²) in [6, 6.07) is 7.02. The first kappa shape index (κ1) is 17.2. The topological polar surface area (TPSA) is 96.0 Å². The molecule has 3 N–H and O–H groups in total. The SMILES string of the molecule is Cl.O=C(Cn1c(=O)[nH]c2ccccc2c1=O)NCC1CCCN1. The summed E-state index contributed by atoms with van der Waals surface area (Å²) in [6.45, 7) is 1.20. The Kier molecular flexibility index (Phi) is 5.57. The van der Waals surface area contributed by atoms with Gasteiger partial charge in [0.25, 0.3) is 5.56 Å². The summed E-state index contributed by atoms with van der Waals surface area (Å²) in [7, 11) is 0. The first-order chi connectivity index (χ1) is 10.6. The van der Waals surface area contributed by atoms with Crippen LogP contribution in [0.2, 0.25) is 0 Å². The summed E-state index contributed by atoms with van der Waals surface area (Å²) in [5, 5.41) is 6.43. The fourth-order valence-electron chi connectivity index (χ4n) is 2.71. The lowest BCUT2D eigenvalue weighted by molar-refractivity contribution is -0.121. The van der Waals surface area contributed by atoms with Gasteiger partial charge in [0.15, 0.2) is 0 Å². The van der Waals surface area contributed by atoms with Crippen LogP contribution in [0.3, 0.4) is 0 Å². The monoisotopic (exact) mass is 338 g/mol. The predicted molar refractivity (Wildman–Crippen MR) is 90.1 cm³/mol. The fraction of sp³-hybridized carbons (Fsp3) is 0.400. The Bertz CT molecular complexity index is 808. The molecule has 0 spiro atoms. The number of hydrogen-bond acceptors (Lipinski definition) is 4. The van der Waals surface area contributed by atoms with E-state index in [0.717, 1.165) is 24.0 Å². The van der Waals surface area contributed by atoms with Crippen molar-refractivity contribution in [2.24, 2.45) is 0 Å². The van der Waals surface area contributed by atoms with E-state index in [1.165, 1.54) is 0 Å². The Balaban J connectivity index is 0.00000192. The summed E-state index contributed by atoms with van der Waals surface area (Å²) in [6.07, 6.45) is 2.13. The van der Waals surface area contributed by atoms with E-state index >= 15 is 0 Å². The second-order valence-electron chi connectivity index (χ2n) is 5.46. The van der Waals surface area contributed by atoms with Crippen molar-refractivity contribution in [1.29, 1.82) is 0 Å². The van der Waals surface area contributed by atoms with Crippen LogP contribution in [-0.4, -0.2) is 34.6 Å². The van der Waals surface area contributed by atoms with Gasteiger partial charge in [-0.25, -0.2) is 4.79 Å². The van der Waals surface area contributed by atoms with E-state index in [4.69, 9.17) is 0 Å². The zero-order valence-corrected chi connectivity index (χ0v) is 13.3. The van der Waals surface area contributed by atoms with Crippen molar-refractivity contribution >= 4 is 29.2 Å². The van der Waals surface area contributed by atoms with Crippen molar-refractivity contribution < 1.29 is 4.79 Å². The van der Waals surface area contributed by atoms with Gasteiger partial charge < -0.3 is 15.6 Å². The third-order valence-electron chi connectivity index (χ3n) is 3.90. The number of amides is 1. The van der Waals surface area contributed by atoms with Gasteiger partial charge in [0, 0.05) is 12.6 Å². The number of carbonyl (C=O) groups excluding carboxylic acids is 1. The number of aromatic amines is 1. The Morgan fingerprint density at radius 3 is 2.83 bits per heavy atom. The molecule has 1 saturated heterocycles. The molecule has 2 heterocycles. The summed E-state index contributed by atoms with van der Waals surface area (Å²) >= 11 is 0. The van der Waals surface area contributed by atoms with Crippen LogP contribution in [0, 0.1) is 0 Å². The molecule has 1 aliphatic heterocycles. The predicted octanol–water partition coefficient (Wildman–Crippen LogP) is -0.0202. The minimum atomic E-state index is -0.571. The van der Waals surface area contributed by atoms with Crippen molar-refractivity contribution in [2.45, 2.75) is 25.4 Å². The lowest BCUT2D eigenvalue weighted by Gasteiger charge is -2.12. The van der Waals surface area contributed by atoms with Gasteiger partial charge in [-0.3, -0.25) is 14.2 Å². The van der Waals surface area contributed by atoms with Gasteiger partial charge in [-0.1, -0.05) is 12.1 Å². The van der Waals surface area contributed by atoms with Crippen LogP contribution in [0.1, 0.15) is 12.8 Å². The van der Waals surface area contributed by atoms with Gasteiger partial charge in [-0.2, -0.15) is 0 Å². The molecular formula is C15H19ClN4O3. The molecule has 7 nitrogen and oxygen atoms in total. The normalized spacial score (nSPS) is 17.0. The number of nitrogens with one attached hydrogen (secondary N) is 3. The van der Waals surface area contributed by atoms with E-state index in [2.05, 4.69) is 15.6 Å². The van der Waals surface area contributed by atoms with E-state index < -0.39 is 11.2 Å². The Morgan fingerprint density at radius 1 is 1.30 bits per heavy atom. The van der Waals surface area contributed by atoms with Crippen molar-refractivity contribution in [3.05, 3.63) is 45.1 Å². The highest BCUT2D eigenvalue weighted by atomic mass is 35.5. The van der Waals surface area contributed by atoms with E-state index in [1.807, 2.05) is 0 Å². The molecule has 124 valence electrons. The van der Waals surface area contributed by atoms with Gasteiger partial charge in [-0.15, -0.1) is 12.4 Å². The second kappa shape index (κ2) is 7.43. The van der Waals surface area contributed by atoms with Gasteiger partial charge in [0.05, 0.1) is 10.9 Å². The van der Waals surface area contributed by atoms with E-state index in [9.17, 15) is 14.4 Å². The Labute approximate surface area is 138 Å². The van der Waals surface area contributed by atoms with Gasteiger partial charge >= 0.3 is 5.69 Å². The van der Waals surface area contributed by atoms with Crippen molar-refractivity contribution in [1.82, 2.24) is 20.2 Å². The maximum absolute atomic E-state index is 12.3. The Hall–Kier alpha value is -2.12. The summed E-state index contributed by atoms with van der Waals surface area (Å²) in [5.74, 6) is -0.336. The number of nitrogens with zero attached hydrogens (tertiary/aromatic N) is 1. The highest BCUT2D eigenvalue weighted by Crippen LogP contribution is 2.04. The minimum absolute atomic E-state index is 0. The summed E-state index contributed by atoms with van der Waals surface area (Å²) < 4.78 is 0.930. The minimum Gasteiger partial charge on any atom is -0.353 e. The van der Waals surface area contributed by atoms with Gasteiger partial charge in [0.1, 0.15) is 6.54 Å². The molecule has 0 bridgehead atoms. The van der Waals surface area contributed by atoms with E-state index in [1.54, 1.807) is 24.3 Å². The average Bonchev–Trinajstić information content (AvgIpc) is 3.03. The lowest BCUT2D eigenvalue weighted by Crippen LogP contribution is -2.43. The maximum atomic E-state index is 12.3. The van der Waals surface area contributed by atoms with Crippen LogP contribution in [0.5, 0.6) is 0 Å². The van der Waals surface area contributed by atoms with E-state index in [0.29, 0.717) is 17.4 Å². The van der Waals surface area contributed by atoms with Crippen molar-refractivity contribution in [3.63, 3.8) is 0 Å². The summed E-state index contributed by atoms with van der Waals surface area (Å²) in [4.78, 5) is 38.8. The molecule has 2 aromatic rings. The molecule has 23 heavy (non-hydrogen) atoms. The molecule has 0 saturated carbocycles. The molecule has 0 aliphatic carbocycles. The van der Waals surface area contributed by atoms with Crippen molar-refractivity contribution in [2.75, 3.05) is 13.1 Å². The molecule has 1 amide bonds. The number of benzene rings is 1. The second-order valence-corrected chi connectivity index (χ2v) is 5.46. The number of rotatable bonds is 4. The highest BCUT2D eigenvalue weighted by Gasteiger charge is 2.16. The first-order valence-electron chi connectivity index (χ1n) is 7.37. The van der Waals surface area contributed by atoms with E-state index in [-0.39, 0.29) is 30.9 Å². The van der Waals surface area contributed by atoms with Crippen molar-refractivity contribution in [3.8, 4) is 0 Å². The molecule has 1 atom stereocenters. The third-order valence-corrected chi connectivity index (χ3v) is 3.90. The molecule has 1 aliphatic rings. The smallest absolute Gasteiger partial charge is 0.329 e. The highest BCUT2D eigenvalue weighted by molar-refractivity contribution is 5.85. The molecule has 0 radical (unpaired) electrons. The number of halogens is 1. The lowest BCUT2D eigenvalue weighted by atomic mass is 10.2. The van der Waals surface area contributed by atoms with Crippen LogP contribution >= 0.6 is 12.4 Å². The first-order valence-corrected chi connectivity index (χ1v) is 7.37. The molecular weight excluding hydrogens is 320 g/mol. The largest absolute Gasteiger partial charge is 0.353 e. The number of hydrogen-bond donors (Lipinski definition) is 3. The molecule has 3 rings (SSSR count). The average molecular weight is 339 g/mol. The number of carbonyl (C=O) groups is 1. The number of aromatic nitrogens is 2. The molecule has 8 heteroatoms. The Morgan fingerprint density at radius 2 is 2.09 bits per heavy atom. The zero-order chi connectivity index (χ0) is 15.5. The maximum Gasteiger partial charge on any atom is 0.329 e. The molecule has 1 fully saturated rings. The van der Waals surface area contributed by atoms with Crippen LogP contribution in [0.15, 0.2) is 33.9 Å². The number of H-pyrrole nitrogens is 1. The molecule has 1 aromatic carbocycles. The van der Waals surface area contributed by atoms with Gasteiger partial charge in [-0.05, 0) is 31.5 Å². The van der Waals surface area contributed by atoms with Crippen LogP contribution < -0.4 is 21.9 Å².